The van der Waals surface area contributed by atoms with Gasteiger partial charge in [0.05, 0.1) is 12.2 Å². The third-order valence-electron chi connectivity index (χ3n) is 4.47. The molecule has 2 amide bonds. The summed E-state index contributed by atoms with van der Waals surface area (Å²) in [5.41, 5.74) is 0.820. The fourth-order valence-corrected chi connectivity index (χ4v) is 3.33. The number of anilines is 1. The lowest BCUT2D eigenvalue weighted by Gasteiger charge is -2.13. The number of aromatic nitrogens is 1. The van der Waals surface area contributed by atoms with E-state index >= 15 is 0 Å². The van der Waals surface area contributed by atoms with Gasteiger partial charge < -0.3 is 5.32 Å². The summed E-state index contributed by atoms with van der Waals surface area (Å²) in [7, 11) is 1.78. The van der Waals surface area contributed by atoms with Gasteiger partial charge in [-0.1, -0.05) is 13.8 Å². The summed E-state index contributed by atoms with van der Waals surface area (Å²) >= 11 is 1.45. The van der Waals surface area contributed by atoms with Gasteiger partial charge in [0.1, 0.15) is 0 Å². The molecule has 2 aliphatic rings. The van der Waals surface area contributed by atoms with Gasteiger partial charge in [-0.3, -0.25) is 14.5 Å². The molecular weight excluding hydrogens is 286 g/mol. The predicted molar refractivity (Wildman–Crippen MR) is 81.9 cm³/mol. The fourth-order valence-electron chi connectivity index (χ4n) is 2.54. The van der Waals surface area contributed by atoms with Crippen molar-refractivity contribution in [1.29, 1.82) is 0 Å². The van der Waals surface area contributed by atoms with E-state index in [-0.39, 0.29) is 23.7 Å². The van der Waals surface area contributed by atoms with Crippen molar-refractivity contribution < 1.29 is 9.59 Å². The Morgan fingerprint density at radius 1 is 1.33 bits per heavy atom. The molecule has 0 aromatic carbocycles. The maximum Gasteiger partial charge on any atom is 0.231 e. The number of carbonyl (C=O) groups excluding carboxylic acids is 2. The molecule has 6 heteroatoms. The number of hydrogen-bond acceptors (Lipinski definition) is 4. The second kappa shape index (κ2) is 5.40. The first-order valence-electron chi connectivity index (χ1n) is 7.47. The number of nitrogens with zero attached hydrogens (tertiary/aromatic N) is 2. The van der Waals surface area contributed by atoms with Gasteiger partial charge in [-0.2, -0.15) is 0 Å². The maximum atomic E-state index is 12.1. The van der Waals surface area contributed by atoms with E-state index in [1.54, 1.807) is 11.9 Å². The summed E-state index contributed by atoms with van der Waals surface area (Å²) in [5.74, 6) is 1.63. The first-order chi connectivity index (χ1) is 9.97. The molecule has 0 saturated heterocycles. The lowest BCUT2D eigenvalue weighted by atomic mass is 10.3. The van der Waals surface area contributed by atoms with E-state index in [2.05, 4.69) is 24.1 Å². The highest BCUT2D eigenvalue weighted by atomic mass is 32.1. The minimum atomic E-state index is 0.119. The van der Waals surface area contributed by atoms with Crippen LogP contribution in [0.1, 0.15) is 32.4 Å². The summed E-state index contributed by atoms with van der Waals surface area (Å²) < 4.78 is 0. The summed E-state index contributed by atoms with van der Waals surface area (Å²) in [6.45, 7) is 4.63. The van der Waals surface area contributed by atoms with E-state index in [4.69, 9.17) is 0 Å². The van der Waals surface area contributed by atoms with E-state index < -0.39 is 0 Å². The third kappa shape index (κ3) is 3.10. The van der Waals surface area contributed by atoms with Crippen molar-refractivity contribution in [3.05, 3.63) is 11.1 Å². The van der Waals surface area contributed by atoms with Crippen molar-refractivity contribution in [2.75, 3.05) is 11.9 Å². The Kier molecular flexibility index (Phi) is 3.73. The number of carbonyl (C=O) groups is 2. The highest BCUT2D eigenvalue weighted by molar-refractivity contribution is 7.14. The second-order valence-corrected chi connectivity index (χ2v) is 7.21. The molecule has 2 saturated carbocycles. The molecule has 1 aromatic rings. The van der Waals surface area contributed by atoms with Gasteiger partial charge in [0.2, 0.25) is 11.8 Å². The molecule has 4 atom stereocenters. The van der Waals surface area contributed by atoms with Crippen LogP contribution in [0.4, 0.5) is 5.13 Å². The van der Waals surface area contributed by atoms with Crippen LogP contribution >= 0.6 is 11.3 Å². The number of rotatable bonds is 5. The molecule has 5 nitrogen and oxygen atoms in total. The average Bonchev–Trinajstić information content (AvgIpc) is 3.31. The first kappa shape index (κ1) is 14.5. The van der Waals surface area contributed by atoms with Crippen molar-refractivity contribution in [3.8, 4) is 0 Å². The molecule has 21 heavy (non-hydrogen) atoms. The number of nitrogens with one attached hydrogen (secondary N) is 1. The topological polar surface area (TPSA) is 62.3 Å². The summed E-state index contributed by atoms with van der Waals surface area (Å²) in [4.78, 5) is 30.0. The van der Waals surface area contributed by atoms with Crippen LogP contribution < -0.4 is 10.2 Å². The van der Waals surface area contributed by atoms with Gasteiger partial charge in [-0.25, -0.2) is 4.98 Å². The summed E-state index contributed by atoms with van der Waals surface area (Å²) in [5, 5.41) is 5.54. The third-order valence-corrected chi connectivity index (χ3v) is 5.44. The molecule has 2 fully saturated rings. The van der Waals surface area contributed by atoms with Crippen LogP contribution in [0.2, 0.25) is 0 Å². The van der Waals surface area contributed by atoms with Gasteiger partial charge in [0.25, 0.3) is 0 Å². The zero-order valence-electron chi connectivity index (χ0n) is 12.6. The molecule has 0 unspecified atom stereocenters. The van der Waals surface area contributed by atoms with Crippen molar-refractivity contribution in [2.24, 2.45) is 23.7 Å². The molecule has 3 rings (SSSR count). The van der Waals surface area contributed by atoms with Gasteiger partial charge >= 0.3 is 0 Å². The van der Waals surface area contributed by atoms with Crippen LogP contribution in [0.3, 0.4) is 0 Å². The Bertz CT molecular complexity index is 571. The predicted octanol–water partition coefficient (Wildman–Crippen LogP) is 2.03. The molecule has 114 valence electrons. The Labute approximate surface area is 128 Å². The molecule has 0 bridgehead atoms. The van der Waals surface area contributed by atoms with Gasteiger partial charge in [0, 0.05) is 24.3 Å². The SMILES string of the molecule is C[C@@H]1C[C@@H]1C(=O)NCc1csc(N(C)C(=O)[C@H]2C[C@H]2C)n1. The number of thiazole rings is 1. The lowest BCUT2D eigenvalue weighted by molar-refractivity contribution is -0.123. The monoisotopic (exact) mass is 307 g/mol. The van der Waals surface area contributed by atoms with Crippen LogP contribution in [0.5, 0.6) is 0 Å². The molecule has 0 radical (unpaired) electrons. The Morgan fingerprint density at radius 2 is 1.95 bits per heavy atom. The molecule has 1 aromatic heterocycles. The quantitative estimate of drug-likeness (QED) is 0.905. The van der Waals surface area contributed by atoms with Crippen molar-refractivity contribution in [2.45, 2.75) is 33.2 Å². The van der Waals surface area contributed by atoms with Gasteiger partial charge in [0.15, 0.2) is 5.13 Å². The van der Waals surface area contributed by atoms with Crippen LogP contribution in [0.25, 0.3) is 0 Å². The molecular formula is C15H21N3O2S. The molecule has 1 heterocycles. The Balaban J connectivity index is 1.53. The molecule has 0 spiro atoms. The van der Waals surface area contributed by atoms with Gasteiger partial charge in [-0.15, -0.1) is 11.3 Å². The molecule has 1 N–H and O–H groups in total. The van der Waals surface area contributed by atoms with Crippen molar-refractivity contribution in [1.82, 2.24) is 10.3 Å². The van der Waals surface area contributed by atoms with E-state index in [1.165, 1.54) is 11.3 Å². The van der Waals surface area contributed by atoms with E-state index in [9.17, 15) is 9.59 Å². The fraction of sp³-hybridized carbons (Fsp3) is 0.667. The molecule has 0 aliphatic heterocycles. The van der Waals surface area contributed by atoms with E-state index in [0.717, 1.165) is 18.5 Å². The summed E-state index contributed by atoms with van der Waals surface area (Å²) in [6.07, 6.45) is 1.97. The molecule has 2 aliphatic carbocycles. The van der Waals surface area contributed by atoms with Crippen LogP contribution in [-0.4, -0.2) is 23.8 Å². The van der Waals surface area contributed by atoms with Crippen molar-refractivity contribution >= 4 is 28.3 Å². The van der Waals surface area contributed by atoms with E-state index in [1.807, 2.05) is 5.38 Å². The smallest absolute Gasteiger partial charge is 0.231 e. The van der Waals surface area contributed by atoms with Crippen LogP contribution in [-0.2, 0) is 16.1 Å². The first-order valence-corrected chi connectivity index (χ1v) is 8.35. The maximum absolute atomic E-state index is 12.1. The largest absolute Gasteiger partial charge is 0.350 e. The number of hydrogen-bond donors (Lipinski definition) is 1. The Morgan fingerprint density at radius 3 is 2.52 bits per heavy atom. The zero-order chi connectivity index (χ0) is 15.1. The van der Waals surface area contributed by atoms with Crippen LogP contribution in [0.15, 0.2) is 5.38 Å². The average molecular weight is 307 g/mol. The standard InChI is InChI=1S/C15H21N3O2S/c1-8-4-11(8)13(19)16-6-10-7-21-15(17-10)18(3)14(20)12-5-9(12)2/h7-9,11-12H,4-6H2,1-3H3,(H,16,19)/t8-,9-,11+,12+/m1/s1. The minimum Gasteiger partial charge on any atom is -0.350 e. The Hall–Kier alpha value is -1.43. The number of amides is 2. The van der Waals surface area contributed by atoms with Gasteiger partial charge in [-0.05, 0) is 24.7 Å². The lowest BCUT2D eigenvalue weighted by Crippen LogP contribution is -2.28. The van der Waals surface area contributed by atoms with Crippen LogP contribution in [0, 0.1) is 23.7 Å². The normalized spacial score (nSPS) is 29.9. The highest BCUT2D eigenvalue weighted by Gasteiger charge is 2.41. The second-order valence-electron chi connectivity index (χ2n) is 6.38. The summed E-state index contributed by atoms with van der Waals surface area (Å²) in [6, 6.07) is 0. The minimum absolute atomic E-state index is 0.119. The highest BCUT2D eigenvalue weighted by Crippen LogP contribution is 2.40. The van der Waals surface area contributed by atoms with E-state index in [0.29, 0.717) is 23.5 Å². The van der Waals surface area contributed by atoms with Crippen molar-refractivity contribution in [3.63, 3.8) is 0 Å². The zero-order valence-corrected chi connectivity index (χ0v) is 13.4.